The van der Waals surface area contributed by atoms with Crippen molar-refractivity contribution in [1.82, 2.24) is 0 Å². The van der Waals surface area contributed by atoms with Gasteiger partial charge in [0.05, 0.1) is 6.04 Å². The molecule has 0 bridgehead atoms. The fourth-order valence-electron chi connectivity index (χ4n) is 1.52. The second kappa shape index (κ2) is 5.12. The molecule has 16 heavy (non-hydrogen) atoms. The molecule has 1 amide bonds. The van der Waals surface area contributed by atoms with Gasteiger partial charge in [0, 0.05) is 12.7 Å². The minimum atomic E-state index is -0.463. The van der Waals surface area contributed by atoms with E-state index in [-0.39, 0.29) is 5.91 Å². The summed E-state index contributed by atoms with van der Waals surface area (Å²) in [6.45, 7) is 5.99. The normalized spacial score (nSPS) is 12.6. The molecule has 0 fully saturated rings. The lowest BCUT2D eigenvalue weighted by molar-refractivity contribution is -0.119. The molecule has 1 unspecified atom stereocenters. The SMILES string of the molecule is CC(N)C(=O)N(C)c1ccc(C(C)C)cc1. The van der Waals surface area contributed by atoms with Gasteiger partial charge in [0.2, 0.25) is 5.91 Å². The largest absolute Gasteiger partial charge is 0.320 e. The summed E-state index contributed by atoms with van der Waals surface area (Å²) in [6, 6.07) is 7.54. The number of hydrogen-bond acceptors (Lipinski definition) is 2. The van der Waals surface area contributed by atoms with Crippen LogP contribution in [0.4, 0.5) is 5.69 Å². The van der Waals surface area contributed by atoms with Crippen LogP contribution in [0.2, 0.25) is 0 Å². The van der Waals surface area contributed by atoms with E-state index in [0.29, 0.717) is 5.92 Å². The number of carbonyl (C=O) groups is 1. The molecule has 0 saturated carbocycles. The number of carbonyl (C=O) groups excluding carboxylic acids is 1. The summed E-state index contributed by atoms with van der Waals surface area (Å²) in [5.41, 5.74) is 7.71. The first-order valence-electron chi connectivity index (χ1n) is 5.56. The van der Waals surface area contributed by atoms with Gasteiger partial charge in [-0.2, -0.15) is 0 Å². The van der Waals surface area contributed by atoms with Gasteiger partial charge in [0.25, 0.3) is 0 Å². The van der Waals surface area contributed by atoms with Gasteiger partial charge in [-0.15, -0.1) is 0 Å². The number of likely N-dealkylation sites (N-methyl/N-ethyl adjacent to an activating group) is 1. The standard InChI is InChI=1S/C13H20N2O/c1-9(2)11-5-7-12(8-6-11)15(4)13(16)10(3)14/h5-10H,14H2,1-4H3. The maximum absolute atomic E-state index is 11.7. The van der Waals surface area contributed by atoms with Crippen LogP contribution in [0.5, 0.6) is 0 Å². The molecule has 2 N–H and O–H groups in total. The van der Waals surface area contributed by atoms with Crippen molar-refractivity contribution >= 4 is 11.6 Å². The Morgan fingerprint density at radius 3 is 2.06 bits per heavy atom. The summed E-state index contributed by atoms with van der Waals surface area (Å²) in [4.78, 5) is 13.3. The average molecular weight is 220 g/mol. The molecule has 0 spiro atoms. The molecule has 0 aliphatic rings. The first-order valence-corrected chi connectivity index (χ1v) is 5.56. The monoisotopic (exact) mass is 220 g/mol. The number of rotatable bonds is 3. The average Bonchev–Trinajstić information content (AvgIpc) is 2.27. The van der Waals surface area contributed by atoms with E-state index in [1.165, 1.54) is 5.56 Å². The van der Waals surface area contributed by atoms with Crippen molar-refractivity contribution in [2.24, 2.45) is 5.73 Å². The highest BCUT2D eigenvalue weighted by atomic mass is 16.2. The molecule has 3 nitrogen and oxygen atoms in total. The maximum Gasteiger partial charge on any atom is 0.243 e. The van der Waals surface area contributed by atoms with Crippen LogP contribution < -0.4 is 10.6 Å². The van der Waals surface area contributed by atoms with Crippen LogP contribution in [0.1, 0.15) is 32.3 Å². The van der Waals surface area contributed by atoms with E-state index < -0.39 is 6.04 Å². The Balaban J connectivity index is 2.85. The van der Waals surface area contributed by atoms with Crippen molar-refractivity contribution in [2.45, 2.75) is 32.7 Å². The Morgan fingerprint density at radius 1 is 1.19 bits per heavy atom. The van der Waals surface area contributed by atoms with E-state index in [9.17, 15) is 4.79 Å². The van der Waals surface area contributed by atoms with E-state index in [2.05, 4.69) is 13.8 Å². The molecule has 0 heterocycles. The van der Waals surface area contributed by atoms with Crippen LogP contribution in [0.3, 0.4) is 0 Å². The second-order valence-electron chi connectivity index (χ2n) is 4.43. The van der Waals surface area contributed by atoms with Crippen LogP contribution in [0.15, 0.2) is 24.3 Å². The highest BCUT2D eigenvalue weighted by Crippen LogP contribution is 2.19. The third-order valence-electron chi connectivity index (χ3n) is 2.67. The van der Waals surface area contributed by atoms with Crippen molar-refractivity contribution in [1.29, 1.82) is 0 Å². The molecule has 1 atom stereocenters. The molecule has 1 aromatic rings. The smallest absolute Gasteiger partial charge is 0.243 e. The molecule has 0 saturated heterocycles. The second-order valence-corrected chi connectivity index (χ2v) is 4.43. The molecule has 0 aliphatic heterocycles. The predicted octanol–water partition coefficient (Wildman–Crippen LogP) is 2.12. The van der Waals surface area contributed by atoms with Crippen LogP contribution in [0.25, 0.3) is 0 Å². The topological polar surface area (TPSA) is 46.3 Å². The number of nitrogens with two attached hydrogens (primary N) is 1. The highest BCUT2D eigenvalue weighted by molar-refractivity contribution is 5.96. The van der Waals surface area contributed by atoms with E-state index >= 15 is 0 Å². The van der Waals surface area contributed by atoms with Gasteiger partial charge in [-0.05, 0) is 30.5 Å². The Hall–Kier alpha value is -1.35. The first kappa shape index (κ1) is 12.7. The first-order chi connectivity index (χ1) is 7.43. The zero-order chi connectivity index (χ0) is 12.3. The minimum absolute atomic E-state index is 0.0719. The summed E-state index contributed by atoms with van der Waals surface area (Å²) in [5.74, 6) is 0.431. The summed E-state index contributed by atoms with van der Waals surface area (Å²) in [6.07, 6.45) is 0. The molecular formula is C13H20N2O. The fourth-order valence-corrected chi connectivity index (χ4v) is 1.52. The lowest BCUT2D eigenvalue weighted by atomic mass is 10.0. The van der Waals surface area contributed by atoms with Gasteiger partial charge in [-0.25, -0.2) is 0 Å². The Bertz CT molecular complexity index is 355. The predicted molar refractivity (Wildman–Crippen MR) is 67.6 cm³/mol. The van der Waals surface area contributed by atoms with Gasteiger partial charge < -0.3 is 10.6 Å². The van der Waals surface area contributed by atoms with E-state index in [1.54, 1.807) is 18.9 Å². The van der Waals surface area contributed by atoms with E-state index in [0.717, 1.165) is 5.69 Å². The number of nitrogens with zero attached hydrogens (tertiary/aromatic N) is 1. The van der Waals surface area contributed by atoms with Gasteiger partial charge in [0.1, 0.15) is 0 Å². The Kier molecular flexibility index (Phi) is 4.07. The van der Waals surface area contributed by atoms with Crippen molar-refractivity contribution in [3.05, 3.63) is 29.8 Å². The summed E-state index contributed by atoms with van der Waals surface area (Å²) >= 11 is 0. The number of anilines is 1. The van der Waals surface area contributed by atoms with Crippen molar-refractivity contribution in [3.63, 3.8) is 0 Å². The summed E-state index contributed by atoms with van der Waals surface area (Å²) in [5, 5.41) is 0. The quantitative estimate of drug-likeness (QED) is 0.848. The van der Waals surface area contributed by atoms with Gasteiger partial charge >= 0.3 is 0 Å². The van der Waals surface area contributed by atoms with Crippen LogP contribution >= 0.6 is 0 Å². The molecule has 88 valence electrons. The molecule has 0 aromatic heterocycles. The lowest BCUT2D eigenvalue weighted by Gasteiger charge is -2.20. The van der Waals surface area contributed by atoms with E-state index in [1.807, 2.05) is 24.3 Å². The third-order valence-corrected chi connectivity index (χ3v) is 2.67. The molecule has 1 rings (SSSR count). The number of hydrogen-bond donors (Lipinski definition) is 1. The highest BCUT2D eigenvalue weighted by Gasteiger charge is 2.14. The summed E-state index contributed by atoms with van der Waals surface area (Å²) < 4.78 is 0. The molecule has 3 heteroatoms. The molecule has 1 aromatic carbocycles. The zero-order valence-electron chi connectivity index (χ0n) is 10.4. The minimum Gasteiger partial charge on any atom is -0.320 e. The molecule has 0 radical (unpaired) electrons. The Labute approximate surface area is 97.2 Å². The summed E-state index contributed by atoms with van der Waals surface area (Å²) in [7, 11) is 1.75. The molecule has 0 aliphatic carbocycles. The van der Waals surface area contributed by atoms with Crippen LogP contribution in [0, 0.1) is 0 Å². The zero-order valence-corrected chi connectivity index (χ0v) is 10.4. The fraction of sp³-hybridized carbons (Fsp3) is 0.462. The number of amides is 1. The molecular weight excluding hydrogens is 200 g/mol. The van der Waals surface area contributed by atoms with Crippen molar-refractivity contribution < 1.29 is 4.79 Å². The van der Waals surface area contributed by atoms with Gasteiger partial charge in [0.15, 0.2) is 0 Å². The van der Waals surface area contributed by atoms with Crippen LogP contribution in [-0.4, -0.2) is 19.0 Å². The van der Waals surface area contributed by atoms with Crippen molar-refractivity contribution in [2.75, 3.05) is 11.9 Å². The van der Waals surface area contributed by atoms with Gasteiger partial charge in [-0.1, -0.05) is 26.0 Å². The van der Waals surface area contributed by atoms with Crippen LogP contribution in [-0.2, 0) is 4.79 Å². The van der Waals surface area contributed by atoms with E-state index in [4.69, 9.17) is 5.73 Å². The number of benzene rings is 1. The lowest BCUT2D eigenvalue weighted by Crippen LogP contribution is -2.39. The Morgan fingerprint density at radius 2 is 1.69 bits per heavy atom. The van der Waals surface area contributed by atoms with Gasteiger partial charge in [-0.3, -0.25) is 4.79 Å². The van der Waals surface area contributed by atoms with Crippen molar-refractivity contribution in [3.8, 4) is 0 Å². The third kappa shape index (κ3) is 2.83. The maximum atomic E-state index is 11.7.